The first-order valence-corrected chi connectivity index (χ1v) is 3.54. The lowest BCUT2D eigenvalue weighted by Gasteiger charge is -2.01. The number of carboxylic acid groups (broad SMARTS) is 1. The van der Waals surface area contributed by atoms with Crippen molar-refractivity contribution in [1.29, 1.82) is 0 Å². The van der Waals surface area contributed by atoms with E-state index in [9.17, 15) is 4.79 Å². The van der Waals surface area contributed by atoms with Crippen LogP contribution in [-0.2, 0) is 9.53 Å². The fourth-order valence-electron chi connectivity index (χ4n) is 0.929. The summed E-state index contributed by atoms with van der Waals surface area (Å²) in [7, 11) is 0. The second kappa shape index (κ2) is 3.98. The van der Waals surface area contributed by atoms with Gasteiger partial charge >= 0.3 is 5.97 Å². The van der Waals surface area contributed by atoms with Gasteiger partial charge < -0.3 is 15.2 Å². The van der Waals surface area contributed by atoms with Crippen LogP contribution in [0.5, 0.6) is 0 Å². The first-order chi connectivity index (χ1) is 5.29. The highest BCUT2D eigenvalue weighted by molar-refractivity contribution is 5.80. The molecule has 0 atom stereocenters. The molecular formula is C7H11NO3. The highest BCUT2D eigenvalue weighted by Crippen LogP contribution is 2.00. The van der Waals surface area contributed by atoms with E-state index < -0.39 is 5.97 Å². The van der Waals surface area contributed by atoms with Gasteiger partial charge in [-0.15, -0.1) is 0 Å². The van der Waals surface area contributed by atoms with Crippen molar-refractivity contribution in [2.75, 3.05) is 19.8 Å². The molecule has 1 rings (SSSR count). The van der Waals surface area contributed by atoms with Crippen LogP contribution in [0, 0.1) is 0 Å². The molecule has 0 aromatic carbocycles. The van der Waals surface area contributed by atoms with Gasteiger partial charge in [0.1, 0.15) is 0 Å². The third-order valence-corrected chi connectivity index (χ3v) is 1.41. The number of carboxylic acids is 1. The van der Waals surface area contributed by atoms with Crippen molar-refractivity contribution in [3.63, 3.8) is 0 Å². The Bertz CT molecular complexity index is 167. The van der Waals surface area contributed by atoms with Gasteiger partial charge in [-0.25, -0.2) is 4.79 Å². The van der Waals surface area contributed by atoms with Crippen LogP contribution in [0.15, 0.2) is 11.8 Å². The van der Waals surface area contributed by atoms with Gasteiger partial charge in [0.2, 0.25) is 0 Å². The van der Waals surface area contributed by atoms with Gasteiger partial charge in [0.05, 0.1) is 13.2 Å². The third-order valence-electron chi connectivity index (χ3n) is 1.41. The molecule has 1 aliphatic rings. The minimum atomic E-state index is -0.908. The summed E-state index contributed by atoms with van der Waals surface area (Å²) in [4.78, 5) is 10.2. The zero-order valence-electron chi connectivity index (χ0n) is 6.17. The predicted octanol–water partition coefficient (Wildman–Crippen LogP) is -0.0352. The second-order valence-corrected chi connectivity index (χ2v) is 2.30. The summed E-state index contributed by atoms with van der Waals surface area (Å²) >= 11 is 0. The van der Waals surface area contributed by atoms with Crippen molar-refractivity contribution >= 4 is 5.97 Å². The Morgan fingerprint density at radius 2 is 2.45 bits per heavy atom. The van der Waals surface area contributed by atoms with E-state index in [1.54, 1.807) is 0 Å². The Balaban J connectivity index is 2.48. The van der Waals surface area contributed by atoms with Crippen LogP contribution in [0.3, 0.4) is 0 Å². The number of ether oxygens (including phenoxy) is 1. The van der Waals surface area contributed by atoms with E-state index in [4.69, 9.17) is 9.84 Å². The molecule has 0 bridgehead atoms. The highest BCUT2D eigenvalue weighted by atomic mass is 16.5. The Kier molecular flexibility index (Phi) is 2.92. The van der Waals surface area contributed by atoms with E-state index in [0.29, 0.717) is 26.2 Å². The maximum Gasteiger partial charge on any atom is 0.330 e. The van der Waals surface area contributed by atoms with E-state index >= 15 is 0 Å². The van der Waals surface area contributed by atoms with E-state index in [0.717, 1.165) is 5.70 Å². The van der Waals surface area contributed by atoms with Gasteiger partial charge in [-0.05, 0) is 0 Å². The topological polar surface area (TPSA) is 58.6 Å². The van der Waals surface area contributed by atoms with E-state index in [1.807, 2.05) is 0 Å². The Hall–Kier alpha value is -1.03. The summed E-state index contributed by atoms with van der Waals surface area (Å²) in [5, 5.41) is 11.4. The normalized spacial score (nSPS) is 22.4. The molecule has 4 heteroatoms. The number of carbonyl (C=O) groups is 1. The summed E-state index contributed by atoms with van der Waals surface area (Å²) in [6, 6.07) is 0. The summed E-state index contributed by atoms with van der Waals surface area (Å²) in [5.41, 5.74) is 0.745. The van der Waals surface area contributed by atoms with Gasteiger partial charge in [0.25, 0.3) is 0 Å². The molecule has 4 nitrogen and oxygen atoms in total. The Morgan fingerprint density at radius 1 is 1.64 bits per heavy atom. The number of aliphatic carboxylic acids is 1. The van der Waals surface area contributed by atoms with Crippen molar-refractivity contribution in [3.8, 4) is 0 Å². The molecule has 0 aromatic rings. The highest BCUT2D eigenvalue weighted by Gasteiger charge is 2.03. The molecule has 1 aliphatic heterocycles. The molecule has 0 unspecified atom stereocenters. The van der Waals surface area contributed by atoms with Crippen LogP contribution in [0.25, 0.3) is 0 Å². The first kappa shape index (κ1) is 8.07. The number of hydrogen-bond acceptors (Lipinski definition) is 3. The minimum absolute atomic E-state index is 0.603. The van der Waals surface area contributed by atoms with Crippen molar-refractivity contribution in [2.45, 2.75) is 6.42 Å². The average molecular weight is 157 g/mol. The van der Waals surface area contributed by atoms with Crippen LogP contribution in [0.2, 0.25) is 0 Å². The lowest BCUT2D eigenvalue weighted by Crippen LogP contribution is -2.15. The smallest absolute Gasteiger partial charge is 0.330 e. The van der Waals surface area contributed by atoms with Crippen LogP contribution >= 0.6 is 0 Å². The molecule has 0 amide bonds. The van der Waals surface area contributed by atoms with E-state index in [2.05, 4.69) is 5.32 Å². The zero-order chi connectivity index (χ0) is 8.10. The molecule has 0 radical (unpaired) electrons. The molecule has 0 aromatic heterocycles. The second-order valence-electron chi connectivity index (χ2n) is 2.30. The fourth-order valence-corrected chi connectivity index (χ4v) is 0.929. The number of hydrogen-bond donors (Lipinski definition) is 2. The predicted molar refractivity (Wildman–Crippen MR) is 39.2 cm³/mol. The standard InChI is InChI=1S/C7H11NO3/c9-7(10)5-6-1-3-11-4-2-8-6/h5,8H,1-4H2,(H,9,10)/b6-5+. The summed E-state index contributed by atoms with van der Waals surface area (Å²) in [5.74, 6) is -0.908. The largest absolute Gasteiger partial charge is 0.478 e. The van der Waals surface area contributed by atoms with Crippen LogP contribution in [-0.4, -0.2) is 30.8 Å². The maximum absolute atomic E-state index is 10.2. The van der Waals surface area contributed by atoms with Crippen molar-refractivity contribution in [3.05, 3.63) is 11.8 Å². The molecule has 62 valence electrons. The molecule has 1 heterocycles. The quantitative estimate of drug-likeness (QED) is 0.524. The van der Waals surface area contributed by atoms with Crippen molar-refractivity contribution in [2.24, 2.45) is 0 Å². The van der Waals surface area contributed by atoms with Gasteiger partial charge in [0.15, 0.2) is 0 Å². The van der Waals surface area contributed by atoms with Gasteiger partial charge in [-0.3, -0.25) is 0 Å². The first-order valence-electron chi connectivity index (χ1n) is 3.54. The summed E-state index contributed by atoms with van der Waals surface area (Å²) in [6.45, 7) is 1.95. The molecule has 2 N–H and O–H groups in total. The van der Waals surface area contributed by atoms with Gasteiger partial charge in [-0.2, -0.15) is 0 Å². The van der Waals surface area contributed by atoms with E-state index in [-0.39, 0.29) is 0 Å². The average Bonchev–Trinajstić information content (AvgIpc) is 2.14. The molecule has 0 saturated carbocycles. The van der Waals surface area contributed by atoms with Gasteiger partial charge in [-0.1, -0.05) is 0 Å². The summed E-state index contributed by atoms with van der Waals surface area (Å²) < 4.78 is 5.11. The third kappa shape index (κ3) is 3.04. The number of rotatable bonds is 1. The van der Waals surface area contributed by atoms with Crippen molar-refractivity contribution < 1.29 is 14.6 Å². The van der Waals surface area contributed by atoms with Crippen LogP contribution in [0.1, 0.15) is 6.42 Å². The molecular weight excluding hydrogens is 146 g/mol. The van der Waals surface area contributed by atoms with Crippen molar-refractivity contribution in [1.82, 2.24) is 5.32 Å². The molecule has 1 saturated heterocycles. The van der Waals surface area contributed by atoms with Gasteiger partial charge in [0, 0.05) is 24.7 Å². The molecule has 0 aliphatic carbocycles. The monoisotopic (exact) mass is 157 g/mol. The summed E-state index contributed by atoms with van der Waals surface area (Å²) in [6.07, 6.45) is 1.85. The SMILES string of the molecule is O=C(O)/C=C1\CCOCCN1. The zero-order valence-corrected chi connectivity index (χ0v) is 6.17. The Labute approximate surface area is 64.9 Å². The maximum atomic E-state index is 10.2. The minimum Gasteiger partial charge on any atom is -0.478 e. The Morgan fingerprint density at radius 3 is 3.18 bits per heavy atom. The number of nitrogens with one attached hydrogen (secondary N) is 1. The molecule has 1 fully saturated rings. The van der Waals surface area contributed by atoms with Crippen LogP contribution < -0.4 is 5.32 Å². The van der Waals surface area contributed by atoms with Crippen LogP contribution in [0.4, 0.5) is 0 Å². The molecule has 0 spiro atoms. The fraction of sp³-hybridized carbons (Fsp3) is 0.571. The lowest BCUT2D eigenvalue weighted by atomic mass is 10.3. The molecule has 11 heavy (non-hydrogen) atoms. The van der Waals surface area contributed by atoms with E-state index in [1.165, 1.54) is 6.08 Å². The lowest BCUT2D eigenvalue weighted by molar-refractivity contribution is -0.131.